The second-order valence-electron chi connectivity index (χ2n) is 3.42. The molecular weight excluding hydrogens is 211 g/mol. The first-order valence-electron chi connectivity index (χ1n) is 4.04. The summed E-state index contributed by atoms with van der Waals surface area (Å²) in [5.41, 5.74) is -1.13. The first kappa shape index (κ1) is 11.5. The fourth-order valence-corrected chi connectivity index (χ4v) is 0.988. The predicted octanol–water partition coefficient (Wildman–Crippen LogP) is 2.87. The lowest BCUT2D eigenvalue weighted by molar-refractivity contribution is -0.153. The molecule has 1 rings (SSSR count). The third-order valence-electron chi connectivity index (χ3n) is 1.81. The number of alkyl halides is 3. The number of nitrogens with zero attached hydrogens (tertiary/aromatic N) is 1. The zero-order valence-electron chi connectivity index (χ0n) is 8.05. The number of rotatable bonds is 2. The van der Waals surface area contributed by atoms with Crippen LogP contribution < -0.4 is 0 Å². The maximum atomic E-state index is 12.2. The summed E-state index contributed by atoms with van der Waals surface area (Å²) in [4.78, 5) is 13.4. The van der Waals surface area contributed by atoms with E-state index < -0.39 is 17.5 Å². The van der Waals surface area contributed by atoms with Crippen molar-refractivity contribution in [2.24, 2.45) is 4.99 Å². The van der Waals surface area contributed by atoms with Crippen molar-refractivity contribution in [1.82, 2.24) is 0 Å². The largest absolute Gasteiger partial charge is 0.454 e. The van der Waals surface area contributed by atoms with E-state index in [0.717, 1.165) is 12.1 Å². The van der Waals surface area contributed by atoms with Gasteiger partial charge in [0.1, 0.15) is 11.3 Å². The smallest absolute Gasteiger partial charge is 0.449 e. The molecule has 0 N–H and O–H groups in total. The zero-order chi connectivity index (χ0) is 11.7. The highest BCUT2D eigenvalue weighted by Gasteiger charge is 2.36. The van der Waals surface area contributed by atoms with Crippen molar-refractivity contribution in [2.45, 2.75) is 25.6 Å². The minimum absolute atomic E-state index is 0.0295. The van der Waals surface area contributed by atoms with Crippen LogP contribution >= 0.6 is 0 Å². The van der Waals surface area contributed by atoms with E-state index in [9.17, 15) is 18.0 Å². The minimum atomic E-state index is -4.53. The minimum Gasteiger partial charge on any atom is -0.454 e. The third-order valence-corrected chi connectivity index (χ3v) is 1.81. The molecule has 0 aliphatic rings. The van der Waals surface area contributed by atoms with Gasteiger partial charge >= 0.3 is 6.18 Å². The van der Waals surface area contributed by atoms with Gasteiger partial charge in [0.15, 0.2) is 0 Å². The van der Waals surface area contributed by atoms with E-state index in [0.29, 0.717) is 0 Å². The Labute approximate surface area is 83.6 Å². The van der Waals surface area contributed by atoms with Crippen LogP contribution in [0.25, 0.3) is 0 Å². The molecule has 1 aromatic rings. The molecule has 0 amide bonds. The molecule has 1 heterocycles. The van der Waals surface area contributed by atoms with Crippen LogP contribution in [-0.4, -0.2) is 6.08 Å². The SMILES string of the molecule is CC(C)(N=C=O)c1ccc(C(F)(F)F)o1. The Kier molecular flexibility index (Phi) is 2.73. The van der Waals surface area contributed by atoms with E-state index in [1.54, 1.807) is 0 Å². The summed E-state index contributed by atoms with van der Waals surface area (Å²) in [5, 5.41) is 0. The van der Waals surface area contributed by atoms with E-state index in [1.807, 2.05) is 0 Å². The van der Waals surface area contributed by atoms with Gasteiger partial charge in [-0.25, -0.2) is 4.79 Å². The normalized spacial score (nSPS) is 12.3. The van der Waals surface area contributed by atoms with Crippen LogP contribution in [0.1, 0.15) is 25.4 Å². The maximum absolute atomic E-state index is 12.2. The van der Waals surface area contributed by atoms with Gasteiger partial charge in [-0.05, 0) is 26.0 Å². The van der Waals surface area contributed by atoms with Gasteiger partial charge in [0.05, 0.1) is 0 Å². The molecule has 0 saturated heterocycles. The van der Waals surface area contributed by atoms with Crippen molar-refractivity contribution >= 4 is 6.08 Å². The third kappa shape index (κ3) is 2.47. The summed E-state index contributed by atoms with van der Waals surface area (Å²) in [6, 6.07) is 1.95. The first-order valence-corrected chi connectivity index (χ1v) is 4.04. The number of isocyanates is 1. The Morgan fingerprint density at radius 3 is 2.20 bits per heavy atom. The van der Waals surface area contributed by atoms with Crippen molar-refractivity contribution < 1.29 is 22.4 Å². The number of aliphatic imine (C=N–C) groups is 1. The van der Waals surface area contributed by atoms with Crippen molar-refractivity contribution in [3.05, 3.63) is 23.7 Å². The summed E-state index contributed by atoms with van der Waals surface area (Å²) in [6.45, 7) is 2.91. The van der Waals surface area contributed by atoms with Crippen LogP contribution in [0.15, 0.2) is 21.5 Å². The second kappa shape index (κ2) is 3.55. The fourth-order valence-electron chi connectivity index (χ4n) is 0.988. The van der Waals surface area contributed by atoms with Crippen LogP contribution in [0.3, 0.4) is 0 Å². The van der Waals surface area contributed by atoms with Gasteiger partial charge in [-0.15, -0.1) is 0 Å². The van der Waals surface area contributed by atoms with E-state index in [-0.39, 0.29) is 5.76 Å². The topological polar surface area (TPSA) is 42.6 Å². The Balaban J connectivity index is 3.09. The molecule has 0 atom stereocenters. The molecule has 15 heavy (non-hydrogen) atoms. The molecule has 0 unspecified atom stereocenters. The summed E-state index contributed by atoms with van der Waals surface area (Å²) < 4.78 is 41.1. The highest BCUT2D eigenvalue weighted by Crippen LogP contribution is 2.34. The van der Waals surface area contributed by atoms with Crippen LogP contribution in [0.5, 0.6) is 0 Å². The molecule has 6 heteroatoms. The molecule has 0 bridgehead atoms. The van der Waals surface area contributed by atoms with Gasteiger partial charge in [-0.1, -0.05) is 0 Å². The quantitative estimate of drug-likeness (QED) is 0.567. The monoisotopic (exact) mass is 219 g/mol. The summed E-state index contributed by atoms with van der Waals surface area (Å²) in [7, 11) is 0. The molecule has 1 aromatic heterocycles. The Morgan fingerprint density at radius 2 is 1.80 bits per heavy atom. The highest BCUT2D eigenvalue weighted by atomic mass is 19.4. The van der Waals surface area contributed by atoms with Crippen LogP contribution in [-0.2, 0) is 16.5 Å². The Bertz CT molecular complexity index is 400. The molecule has 0 saturated carbocycles. The molecule has 0 fully saturated rings. The van der Waals surface area contributed by atoms with Crippen molar-refractivity contribution in [3.8, 4) is 0 Å². The number of halogens is 3. The van der Waals surface area contributed by atoms with Gasteiger partial charge in [0.2, 0.25) is 11.8 Å². The summed E-state index contributed by atoms with van der Waals surface area (Å²) in [6.07, 6.45) is -3.24. The van der Waals surface area contributed by atoms with Gasteiger partial charge in [0, 0.05) is 0 Å². The molecular formula is C9H8F3NO2. The lowest BCUT2D eigenvalue weighted by Crippen LogP contribution is -2.12. The van der Waals surface area contributed by atoms with Gasteiger partial charge < -0.3 is 4.42 Å². The average molecular weight is 219 g/mol. The van der Waals surface area contributed by atoms with Gasteiger partial charge in [-0.3, -0.25) is 0 Å². The zero-order valence-corrected chi connectivity index (χ0v) is 8.05. The average Bonchev–Trinajstić information content (AvgIpc) is 2.50. The lowest BCUT2D eigenvalue weighted by atomic mass is 10.0. The van der Waals surface area contributed by atoms with E-state index in [1.165, 1.54) is 19.9 Å². The molecule has 0 aromatic carbocycles. The van der Waals surface area contributed by atoms with Crippen molar-refractivity contribution in [1.29, 1.82) is 0 Å². The van der Waals surface area contributed by atoms with Crippen LogP contribution in [0.2, 0.25) is 0 Å². The van der Waals surface area contributed by atoms with Crippen LogP contribution in [0, 0.1) is 0 Å². The number of carbonyl (C=O) groups excluding carboxylic acids is 1. The Morgan fingerprint density at radius 1 is 1.27 bits per heavy atom. The fraction of sp³-hybridized carbons (Fsp3) is 0.444. The summed E-state index contributed by atoms with van der Waals surface area (Å²) in [5.74, 6) is -1.13. The predicted molar refractivity (Wildman–Crippen MR) is 44.9 cm³/mol. The number of hydrogen-bond acceptors (Lipinski definition) is 3. The molecule has 0 aliphatic heterocycles. The van der Waals surface area contributed by atoms with Gasteiger partial charge in [-0.2, -0.15) is 18.2 Å². The van der Waals surface area contributed by atoms with E-state index in [2.05, 4.69) is 9.41 Å². The molecule has 82 valence electrons. The number of hydrogen-bond donors (Lipinski definition) is 0. The van der Waals surface area contributed by atoms with Crippen molar-refractivity contribution in [2.75, 3.05) is 0 Å². The Hall–Kier alpha value is -1.55. The van der Waals surface area contributed by atoms with E-state index in [4.69, 9.17) is 0 Å². The summed E-state index contributed by atoms with van der Waals surface area (Å²) >= 11 is 0. The molecule has 0 aliphatic carbocycles. The molecule has 0 radical (unpaired) electrons. The standard InChI is InChI=1S/C9H8F3NO2/c1-8(2,13-5-14)6-3-4-7(15-6)9(10,11)12/h3-4H,1-2H3. The molecule has 0 spiro atoms. The second-order valence-corrected chi connectivity index (χ2v) is 3.42. The lowest BCUT2D eigenvalue weighted by Gasteiger charge is -2.13. The van der Waals surface area contributed by atoms with E-state index >= 15 is 0 Å². The number of furan rings is 1. The van der Waals surface area contributed by atoms with Crippen LogP contribution in [0.4, 0.5) is 13.2 Å². The maximum Gasteiger partial charge on any atom is 0.449 e. The highest BCUT2D eigenvalue weighted by molar-refractivity contribution is 5.36. The first-order chi connectivity index (χ1) is 6.77. The molecule has 3 nitrogen and oxygen atoms in total. The van der Waals surface area contributed by atoms with Crippen molar-refractivity contribution in [3.63, 3.8) is 0 Å². The van der Waals surface area contributed by atoms with Gasteiger partial charge in [0.25, 0.3) is 0 Å².